The number of nitro groups is 1. The Labute approximate surface area is 207 Å². The fourth-order valence-electron chi connectivity index (χ4n) is 3.12. The third-order valence-electron chi connectivity index (χ3n) is 5.10. The van der Waals surface area contributed by atoms with Crippen LogP contribution in [0.3, 0.4) is 0 Å². The van der Waals surface area contributed by atoms with Crippen molar-refractivity contribution in [3.8, 4) is 0 Å². The van der Waals surface area contributed by atoms with Crippen LogP contribution in [-0.2, 0) is 4.79 Å². The number of benzene rings is 3. The molecule has 0 aliphatic carbocycles. The number of nitro benzene ring substituents is 1. The van der Waals surface area contributed by atoms with E-state index in [4.69, 9.17) is 0 Å². The van der Waals surface area contributed by atoms with Gasteiger partial charge in [0, 0.05) is 43.0 Å². The summed E-state index contributed by atoms with van der Waals surface area (Å²) in [5, 5.41) is 17.6. The van der Waals surface area contributed by atoms with Crippen LogP contribution in [-0.4, -0.2) is 36.5 Å². The smallest absolute Gasteiger partial charge is 0.287 e. The average Bonchev–Trinajstić information content (AvgIpc) is 2.87. The summed E-state index contributed by atoms with van der Waals surface area (Å²) >= 11 is 0. The maximum Gasteiger partial charge on any atom is 0.287 e. The molecule has 0 saturated heterocycles. The largest absolute Gasteiger partial charge is 0.378 e. The molecule has 0 aromatic heterocycles. The standard InChI is InChI=1S/C26H24FN5O4/c1-17(19-6-5-9-23(16-19)32(35)36)29-30-26(34)24(14-18-10-12-22(13-11-18)31(2)3)28-25(33)20-7-4-8-21(27)15-20/h4-16H,1-3H3,(H,28,33)(H,30,34)/b24-14-,29-17+. The van der Waals surface area contributed by atoms with Crippen molar-refractivity contribution in [1.82, 2.24) is 10.7 Å². The van der Waals surface area contributed by atoms with Gasteiger partial charge in [-0.3, -0.25) is 19.7 Å². The van der Waals surface area contributed by atoms with Gasteiger partial charge in [-0.1, -0.05) is 30.3 Å². The van der Waals surface area contributed by atoms with Gasteiger partial charge in [0.2, 0.25) is 0 Å². The van der Waals surface area contributed by atoms with Gasteiger partial charge in [0.05, 0.1) is 10.6 Å². The molecule has 2 N–H and O–H groups in total. The number of carbonyl (C=O) groups excluding carboxylic acids is 2. The van der Waals surface area contributed by atoms with Crippen LogP contribution >= 0.6 is 0 Å². The molecule has 184 valence electrons. The lowest BCUT2D eigenvalue weighted by molar-refractivity contribution is -0.384. The van der Waals surface area contributed by atoms with E-state index in [-0.39, 0.29) is 16.9 Å². The van der Waals surface area contributed by atoms with Gasteiger partial charge in [-0.25, -0.2) is 9.82 Å². The highest BCUT2D eigenvalue weighted by molar-refractivity contribution is 6.06. The van der Waals surface area contributed by atoms with E-state index in [2.05, 4.69) is 15.8 Å². The Bertz CT molecular complexity index is 1350. The summed E-state index contributed by atoms with van der Waals surface area (Å²) in [6.45, 7) is 1.58. The number of nitrogens with one attached hydrogen (secondary N) is 2. The molecule has 36 heavy (non-hydrogen) atoms. The first-order valence-electron chi connectivity index (χ1n) is 10.8. The first kappa shape index (κ1) is 25.8. The highest BCUT2D eigenvalue weighted by Crippen LogP contribution is 2.16. The van der Waals surface area contributed by atoms with E-state index in [1.54, 1.807) is 25.1 Å². The third-order valence-corrected chi connectivity index (χ3v) is 5.10. The van der Waals surface area contributed by atoms with Crippen molar-refractivity contribution in [2.75, 3.05) is 19.0 Å². The molecular formula is C26H24FN5O4. The lowest BCUT2D eigenvalue weighted by Crippen LogP contribution is -2.33. The van der Waals surface area contributed by atoms with E-state index in [9.17, 15) is 24.1 Å². The van der Waals surface area contributed by atoms with Crippen LogP contribution in [0.15, 0.2) is 83.6 Å². The van der Waals surface area contributed by atoms with Crippen LogP contribution in [0.4, 0.5) is 15.8 Å². The average molecular weight is 490 g/mol. The number of hydrogen-bond donors (Lipinski definition) is 2. The summed E-state index contributed by atoms with van der Waals surface area (Å²) < 4.78 is 13.6. The summed E-state index contributed by atoms with van der Waals surface area (Å²) in [5.74, 6) is -2.00. The second kappa shape index (κ2) is 11.5. The maximum absolute atomic E-state index is 13.6. The molecule has 0 atom stereocenters. The molecule has 0 heterocycles. The van der Waals surface area contributed by atoms with Crippen molar-refractivity contribution in [2.24, 2.45) is 5.10 Å². The molecule has 0 fully saturated rings. The zero-order valence-corrected chi connectivity index (χ0v) is 19.9. The van der Waals surface area contributed by atoms with Crippen LogP contribution in [0.25, 0.3) is 6.08 Å². The Hall–Kier alpha value is -4.86. The van der Waals surface area contributed by atoms with E-state index in [0.717, 1.165) is 11.8 Å². The first-order chi connectivity index (χ1) is 17.1. The van der Waals surface area contributed by atoms with E-state index in [1.807, 2.05) is 31.1 Å². The van der Waals surface area contributed by atoms with Gasteiger partial charge in [-0.2, -0.15) is 5.10 Å². The number of non-ortho nitro benzene ring substituents is 1. The van der Waals surface area contributed by atoms with Gasteiger partial charge in [0.1, 0.15) is 11.5 Å². The molecule has 10 heteroatoms. The number of carbonyl (C=O) groups is 2. The highest BCUT2D eigenvalue weighted by atomic mass is 19.1. The zero-order valence-electron chi connectivity index (χ0n) is 19.9. The summed E-state index contributed by atoms with van der Waals surface area (Å²) in [5.41, 5.74) is 4.49. The molecule has 0 aliphatic rings. The Morgan fingerprint density at radius 2 is 1.67 bits per heavy atom. The van der Waals surface area contributed by atoms with Gasteiger partial charge in [-0.05, 0) is 48.9 Å². The van der Waals surface area contributed by atoms with E-state index >= 15 is 0 Å². The lowest BCUT2D eigenvalue weighted by Gasteiger charge is -2.13. The molecule has 0 bridgehead atoms. The van der Waals surface area contributed by atoms with Crippen LogP contribution in [0, 0.1) is 15.9 Å². The van der Waals surface area contributed by atoms with Gasteiger partial charge >= 0.3 is 0 Å². The van der Waals surface area contributed by atoms with E-state index in [0.29, 0.717) is 16.8 Å². The van der Waals surface area contributed by atoms with Crippen molar-refractivity contribution in [3.05, 3.63) is 111 Å². The molecule has 0 unspecified atom stereocenters. The van der Waals surface area contributed by atoms with Crippen molar-refractivity contribution in [3.63, 3.8) is 0 Å². The molecule has 3 rings (SSSR count). The predicted octanol–water partition coefficient (Wildman–Crippen LogP) is 4.11. The van der Waals surface area contributed by atoms with Crippen LogP contribution in [0.2, 0.25) is 0 Å². The van der Waals surface area contributed by atoms with Gasteiger partial charge in [-0.15, -0.1) is 0 Å². The fourth-order valence-corrected chi connectivity index (χ4v) is 3.12. The third kappa shape index (κ3) is 6.83. The van der Waals surface area contributed by atoms with Gasteiger partial charge in [0.25, 0.3) is 17.5 Å². The summed E-state index contributed by atoms with van der Waals surface area (Å²) in [6, 6.07) is 18.1. The zero-order chi connectivity index (χ0) is 26.2. The van der Waals surface area contributed by atoms with Crippen molar-refractivity contribution in [1.29, 1.82) is 0 Å². The number of halogens is 1. The quantitative estimate of drug-likeness (QED) is 0.214. The van der Waals surface area contributed by atoms with Crippen molar-refractivity contribution >= 4 is 35.0 Å². The summed E-state index contributed by atoms with van der Waals surface area (Å²) in [7, 11) is 3.79. The molecule has 0 saturated carbocycles. The molecule has 0 spiro atoms. The first-order valence-corrected chi connectivity index (χ1v) is 10.8. The van der Waals surface area contributed by atoms with Gasteiger partial charge < -0.3 is 10.2 Å². The molecule has 0 radical (unpaired) electrons. The maximum atomic E-state index is 13.6. The lowest BCUT2D eigenvalue weighted by atomic mass is 10.1. The Morgan fingerprint density at radius 1 is 1.00 bits per heavy atom. The second-order valence-electron chi connectivity index (χ2n) is 7.95. The molecule has 2 amide bonds. The molecular weight excluding hydrogens is 465 g/mol. The van der Waals surface area contributed by atoms with E-state index < -0.39 is 22.6 Å². The minimum atomic E-state index is -0.735. The second-order valence-corrected chi connectivity index (χ2v) is 7.95. The number of hydrazone groups is 1. The Kier molecular flexibility index (Phi) is 8.24. The number of amides is 2. The summed E-state index contributed by atoms with van der Waals surface area (Å²) in [4.78, 5) is 38.1. The van der Waals surface area contributed by atoms with Gasteiger partial charge in [0.15, 0.2) is 0 Å². The minimum Gasteiger partial charge on any atom is -0.378 e. The van der Waals surface area contributed by atoms with Crippen LogP contribution < -0.4 is 15.6 Å². The SMILES string of the molecule is C/C(=N\NC(=O)/C(=C/c1ccc(N(C)C)cc1)NC(=O)c1cccc(F)c1)c1cccc([N+](=O)[O-])c1. The summed E-state index contributed by atoms with van der Waals surface area (Å²) in [6.07, 6.45) is 1.46. The van der Waals surface area contributed by atoms with Crippen LogP contribution in [0.1, 0.15) is 28.4 Å². The van der Waals surface area contributed by atoms with E-state index in [1.165, 1.54) is 42.5 Å². The fraction of sp³-hybridized carbons (Fsp3) is 0.115. The molecule has 9 nitrogen and oxygen atoms in total. The normalized spacial score (nSPS) is 11.6. The number of hydrogen-bond acceptors (Lipinski definition) is 6. The molecule has 0 aliphatic heterocycles. The number of anilines is 1. The highest BCUT2D eigenvalue weighted by Gasteiger charge is 2.16. The number of rotatable bonds is 8. The number of nitrogens with zero attached hydrogens (tertiary/aromatic N) is 3. The van der Waals surface area contributed by atoms with Crippen molar-refractivity contribution in [2.45, 2.75) is 6.92 Å². The molecule has 3 aromatic carbocycles. The van der Waals surface area contributed by atoms with Crippen molar-refractivity contribution < 1.29 is 18.9 Å². The Balaban J connectivity index is 1.88. The predicted molar refractivity (Wildman–Crippen MR) is 136 cm³/mol. The Morgan fingerprint density at radius 3 is 2.31 bits per heavy atom. The monoisotopic (exact) mass is 489 g/mol. The van der Waals surface area contributed by atoms with Crippen LogP contribution in [0.5, 0.6) is 0 Å². The topological polar surface area (TPSA) is 117 Å². The minimum absolute atomic E-state index is 0.0351. The molecule has 3 aromatic rings.